The van der Waals surface area contributed by atoms with Gasteiger partial charge in [0.25, 0.3) is 0 Å². The monoisotopic (exact) mass is 547 g/mol. The van der Waals surface area contributed by atoms with Crippen LogP contribution in [0.1, 0.15) is 100 Å². The minimum absolute atomic E-state index is 0.0910. The number of hydrogen-bond acceptors (Lipinski definition) is 0. The second-order valence-electron chi connectivity index (χ2n) is 11.4. The third-order valence-corrected chi connectivity index (χ3v) is 12.3. The summed E-state index contributed by atoms with van der Waals surface area (Å²) in [5, 5.41) is 0. The Bertz CT molecular complexity index is 986. The van der Waals surface area contributed by atoms with Crippen molar-refractivity contribution in [2.75, 3.05) is 0 Å². The van der Waals surface area contributed by atoms with Crippen LogP contribution in [0, 0.1) is 5.92 Å². The van der Waals surface area contributed by atoms with Crippen LogP contribution in [0.4, 0.5) is 0 Å². The molecule has 32 heavy (non-hydrogen) atoms. The van der Waals surface area contributed by atoms with Crippen molar-refractivity contribution in [2.24, 2.45) is 5.92 Å². The summed E-state index contributed by atoms with van der Waals surface area (Å²) in [5.41, 5.74) is 11.3. The van der Waals surface area contributed by atoms with E-state index in [4.69, 9.17) is 17.0 Å². The molecule has 1 aliphatic rings. The van der Waals surface area contributed by atoms with Crippen LogP contribution in [0.5, 0.6) is 0 Å². The molecule has 0 spiro atoms. The number of hydrogen-bond donors (Lipinski definition) is 0. The predicted molar refractivity (Wildman–Crippen MR) is 141 cm³/mol. The topological polar surface area (TPSA) is 0 Å². The van der Waals surface area contributed by atoms with Crippen molar-refractivity contribution >= 4 is 23.1 Å². The average molecular weight is 550 g/mol. The molecule has 3 rings (SSSR count). The predicted octanol–water partition coefficient (Wildman–Crippen LogP) is 9.92. The Morgan fingerprint density at radius 1 is 0.906 bits per heavy atom. The Morgan fingerprint density at radius 3 is 1.91 bits per heavy atom. The van der Waals surface area contributed by atoms with Crippen LogP contribution < -0.4 is 0 Å². The molecule has 0 nitrogen and oxygen atoms in total. The van der Waals surface area contributed by atoms with Crippen molar-refractivity contribution in [3.63, 3.8) is 0 Å². The molecule has 0 amide bonds. The van der Waals surface area contributed by atoms with Gasteiger partial charge in [-0.25, -0.2) is 0 Å². The van der Waals surface area contributed by atoms with Crippen LogP contribution in [-0.4, -0.2) is 0 Å². The molecule has 0 aliphatic heterocycles. The van der Waals surface area contributed by atoms with Gasteiger partial charge in [-0.15, -0.1) is 0 Å². The first-order valence-electron chi connectivity index (χ1n) is 12.0. The van der Waals surface area contributed by atoms with Gasteiger partial charge in [-0.2, -0.15) is 0 Å². The van der Waals surface area contributed by atoms with Crippen molar-refractivity contribution < 1.29 is 19.4 Å². The molecule has 0 saturated heterocycles. The van der Waals surface area contributed by atoms with Crippen LogP contribution in [0.25, 0.3) is 17.2 Å². The normalized spacial score (nSPS) is 17.2. The van der Waals surface area contributed by atoms with Crippen molar-refractivity contribution in [1.82, 2.24) is 0 Å². The summed E-state index contributed by atoms with van der Waals surface area (Å²) in [6.45, 7) is 20.7. The number of fused-ring (bicyclic) bond motifs is 1. The van der Waals surface area contributed by atoms with E-state index in [2.05, 4.69) is 98.7 Å². The van der Waals surface area contributed by atoms with E-state index < -0.39 is 19.4 Å². The Kier molecular flexibility index (Phi) is 7.97. The number of halogens is 2. The molecular formula is C29H39Cl2Zr. The van der Waals surface area contributed by atoms with Crippen LogP contribution in [0.2, 0.25) is 0 Å². The summed E-state index contributed by atoms with van der Waals surface area (Å²) < 4.78 is 0.267. The van der Waals surface area contributed by atoms with Gasteiger partial charge in [0.1, 0.15) is 0 Å². The standard InChI is InChI=1S/C29H39.2ClH.Zr/c1-10-19(3)22-14-21-13-12-20(11-2)27(26(21)17-22)23-15-24(28(4,5)6)18-25(16-23)29(7,8)9;;;/h12-19H,10-11H2,1-9H3;2*1H;/q;;;+2/p-2. The Balaban J connectivity index is 2.37. The molecule has 173 valence electrons. The fourth-order valence-corrected chi connectivity index (χ4v) is 10.3. The van der Waals surface area contributed by atoms with Crippen molar-refractivity contribution in [3.8, 4) is 11.1 Å². The maximum absolute atomic E-state index is 6.77. The third kappa shape index (κ3) is 5.16. The number of allylic oxidation sites excluding steroid dienone is 1. The summed E-state index contributed by atoms with van der Waals surface area (Å²) in [5.74, 6) is 0.504. The summed E-state index contributed by atoms with van der Waals surface area (Å²) >= 11 is -2.54. The summed E-state index contributed by atoms with van der Waals surface area (Å²) in [4.78, 5) is 0. The molecule has 0 aromatic heterocycles. The molecule has 3 heteroatoms. The van der Waals surface area contributed by atoms with E-state index >= 15 is 0 Å². The van der Waals surface area contributed by atoms with E-state index in [1.165, 1.54) is 44.5 Å². The quantitative estimate of drug-likeness (QED) is 0.348. The van der Waals surface area contributed by atoms with E-state index in [1.807, 2.05) is 0 Å². The Hall–Kier alpha value is -0.357. The van der Waals surface area contributed by atoms with Crippen molar-refractivity contribution in [3.05, 3.63) is 63.7 Å². The molecule has 0 fully saturated rings. The summed E-state index contributed by atoms with van der Waals surface area (Å²) in [6, 6.07) is 11.9. The maximum atomic E-state index is 6.77. The SMILES string of the molecule is CCc1ccc2c(c1-c1cc(C(C)(C)C)cc(C(C)(C)C)c1)C=C(C(C)CC)[CH]2[Zr]([Cl])[Cl]. The molecule has 0 bridgehead atoms. The number of benzene rings is 2. The van der Waals surface area contributed by atoms with Crippen molar-refractivity contribution in [1.29, 1.82) is 0 Å². The summed E-state index contributed by atoms with van der Waals surface area (Å²) in [6.07, 6.45) is 4.58. The summed E-state index contributed by atoms with van der Waals surface area (Å²) in [7, 11) is 13.5. The van der Waals surface area contributed by atoms with Crippen LogP contribution in [0.3, 0.4) is 0 Å². The van der Waals surface area contributed by atoms with Crippen LogP contribution in [-0.2, 0) is 36.6 Å². The van der Waals surface area contributed by atoms with Crippen LogP contribution in [0.15, 0.2) is 35.9 Å². The molecular weight excluding hydrogens is 510 g/mol. The molecule has 2 unspecified atom stereocenters. The number of rotatable bonds is 5. The van der Waals surface area contributed by atoms with Gasteiger partial charge in [-0.05, 0) is 0 Å². The van der Waals surface area contributed by atoms with Gasteiger partial charge in [0.15, 0.2) is 0 Å². The second-order valence-corrected chi connectivity index (χ2v) is 20.2. The molecule has 0 radical (unpaired) electrons. The van der Waals surface area contributed by atoms with Gasteiger partial charge < -0.3 is 0 Å². The third-order valence-electron chi connectivity index (χ3n) is 7.06. The van der Waals surface area contributed by atoms with E-state index in [0.717, 1.165) is 12.8 Å². The van der Waals surface area contributed by atoms with Gasteiger partial charge >= 0.3 is 213 Å². The molecule has 2 atom stereocenters. The fraction of sp³-hybridized carbons (Fsp3) is 0.517. The molecule has 0 saturated carbocycles. The molecule has 2 aromatic carbocycles. The van der Waals surface area contributed by atoms with Crippen LogP contribution >= 0.6 is 17.0 Å². The fourth-order valence-electron chi connectivity index (χ4n) is 4.70. The molecule has 2 aromatic rings. The first-order chi connectivity index (χ1) is 14.8. The molecule has 0 heterocycles. The van der Waals surface area contributed by atoms with Gasteiger partial charge in [0.05, 0.1) is 0 Å². The Morgan fingerprint density at radius 2 is 1.47 bits per heavy atom. The number of aryl methyl sites for hydroxylation is 1. The first-order valence-corrected chi connectivity index (χ1v) is 19.8. The average Bonchev–Trinajstić information content (AvgIpc) is 3.10. The Labute approximate surface area is 211 Å². The second kappa shape index (κ2) is 9.72. The van der Waals surface area contributed by atoms with E-state index in [0.29, 0.717) is 5.92 Å². The molecule has 1 aliphatic carbocycles. The van der Waals surface area contributed by atoms with Gasteiger partial charge in [-0.3, -0.25) is 0 Å². The van der Waals surface area contributed by atoms with Crippen molar-refractivity contribution in [2.45, 2.75) is 89.6 Å². The van der Waals surface area contributed by atoms with E-state index in [1.54, 1.807) is 0 Å². The zero-order valence-electron chi connectivity index (χ0n) is 21.3. The minimum atomic E-state index is -2.54. The first kappa shape index (κ1) is 26.3. The van der Waals surface area contributed by atoms with Gasteiger partial charge in [0, 0.05) is 0 Å². The van der Waals surface area contributed by atoms with Gasteiger partial charge in [-0.1, -0.05) is 0 Å². The van der Waals surface area contributed by atoms with E-state index in [-0.39, 0.29) is 14.5 Å². The van der Waals surface area contributed by atoms with E-state index in [9.17, 15) is 0 Å². The molecule has 0 N–H and O–H groups in total. The zero-order chi connectivity index (χ0) is 24.0. The zero-order valence-corrected chi connectivity index (χ0v) is 25.3. The van der Waals surface area contributed by atoms with Gasteiger partial charge in [0.2, 0.25) is 0 Å².